The topological polar surface area (TPSA) is 43.8 Å². The van der Waals surface area contributed by atoms with Crippen molar-refractivity contribution < 1.29 is 8.78 Å². The number of nitrogen functional groups attached to an aromatic ring is 1. The van der Waals surface area contributed by atoms with E-state index >= 15 is 0 Å². The Hall–Kier alpha value is -1.51. The zero-order chi connectivity index (χ0) is 15.0. The normalized spacial score (nSPS) is 18.5. The molecule has 1 aromatic carbocycles. The maximum absolute atomic E-state index is 13.5. The molecule has 1 aliphatic carbocycles. The van der Waals surface area contributed by atoms with E-state index in [0.717, 1.165) is 16.6 Å². The first-order valence-corrected chi connectivity index (χ1v) is 8.49. The molecule has 6 heteroatoms. The van der Waals surface area contributed by atoms with Crippen LogP contribution in [0.2, 0.25) is 0 Å². The zero-order valence-corrected chi connectivity index (χ0v) is 15.6. The number of rotatable bonds is 2. The third kappa shape index (κ3) is 2.92. The van der Waals surface area contributed by atoms with Gasteiger partial charge in [0.05, 0.1) is 0 Å². The van der Waals surface area contributed by atoms with E-state index in [-0.39, 0.29) is 17.4 Å². The summed E-state index contributed by atoms with van der Waals surface area (Å²) in [7, 11) is 0. The number of hydrogen-bond donors (Lipinski definition) is 1. The Morgan fingerprint density at radius 1 is 1.38 bits per heavy atom. The molecule has 1 unspecified atom stereocenters. The zero-order valence-electron chi connectivity index (χ0n) is 11.1. The summed E-state index contributed by atoms with van der Waals surface area (Å²) in [5.41, 5.74) is 7.23. The Kier molecular flexibility index (Phi) is 3.92. The first-order chi connectivity index (χ1) is 10.0. The molecule has 3 nitrogen and oxygen atoms in total. The van der Waals surface area contributed by atoms with Crippen molar-refractivity contribution in [3.8, 4) is 0 Å². The van der Waals surface area contributed by atoms with E-state index in [1.807, 2.05) is 18.2 Å². The van der Waals surface area contributed by atoms with E-state index in [1.165, 1.54) is 12.1 Å². The van der Waals surface area contributed by atoms with E-state index in [0.29, 0.717) is 32.5 Å². The van der Waals surface area contributed by atoms with Crippen LogP contribution in [0.3, 0.4) is 0 Å². The molecule has 1 atom stereocenters. The van der Waals surface area contributed by atoms with Crippen molar-refractivity contribution in [1.82, 2.24) is 7.59 Å². The maximum atomic E-state index is 13.5. The second-order valence-corrected chi connectivity index (χ2v) is 6.85. The average molecular weight is 477 g/mol. The van der Waals surface area contributed by atoms with Crippen molar-refractivity contribution in [2.75, 3.05) is 5.73 Å². The van der Waals surface area contributed by atoms with Gasteiger partial charge in [-0.25, -0.2) is 0 Å². The predicted molar refractivity (Wildman–Crippen MR) is 80.7 cm³/mol. The molecule has 0 bridgehead atoms. The number of halogens is 2. The Morgan fingerprint density at radius 3 is 2.95 bits per heavy atom. The number of hydrogen-bond acceptors (Lipinski definition) is 2. The fourth-order valence-corrected chi connectivity index (χ4v) is 3.65. The Balaban J connectivity index is 1.96. The Bertz CT molecular complexity index is 790. The summed E-state index contributed by atoms with van der Waals surface area (Å²) in [6.45, 7) is 0. The van der Waals surface area contributed by atoms with Gasteiger partial charge in [-0.05, 0) is 0 Å². The summed E-state index contributed by atoms with van der Waals surface area (Å²) in [6.07, 6.45) is 9.25. The van der Waals surface area contributed by atoms with Crippen LogP contribution in [0, 0.1) is 11.7 Å². The van der Waals surface area contributed by atoms with E-state index < -0.39 is 5.82 Å². The van der Waals surface area contributed by atoms with E-state index in [2.05, 4.69) is 5.10 Å². The second kappa shape index (κ2) is 5.71. The molecule has 3 rings (SSSR count). The van der Waals surface area contributed by atoms with Gasteiger partial charge in [0.25, 0.3) is 0 Å². The third-order valence-electron chi connectivity index (χ3n) is 3.42. The van der Waals surface area contributed by atoms with Gasteiger partial charge in [0.1, 0.15) is 0 Å². The first-order valence-electron chi connectivity index (χ1n) is 6.48. The molecule has 0 saturated carbocycles. The van der Waals surface area contributed by atoms with Crippen molar-refractivity contribution in [3.63, 3.8) is 0 Å². The number of nitrogens with two attached hydrogens (primary N) is 1. The second-order valence-electron chi connectivity index (χ2n) is 4.95. The Labute approximate surface area is 136 Å². The van der Waals surface area contributed by atoms with Crippen LogP contribution in [0.4, 0.5) is 14.5 Å². The van der Waals surface area contributed by atoms with Crippen molar-refractivity contribution in [1.29, 1.82) is 0 Å². The first kappa shape index (κ1) is 14.4. The van der Waals surface area contributed by atoms with Crippen molar-refractivity contribution in [3.05, 3.63) is 53.8 Å². The summed E-state index contributed by atoms with van der Waals surface area (Å²) in [5, 5.41) is 5.25. The van der Waals surface area contributed by atoms with Crippen LogP contribution in [0.1, 0.15) is 12.1 Å². The van der Waals surface area contributed by atoms with Crippen molar-refractivity contribution >= 4 is 48.7 Å². The van der Waals surface area contributed by atoms with Crippen LogP contribution < -0.4 is 5.73 Å². The average Bonchev–Trinajstić information content (AvgIpc) is 2.74. The predicted octanol–water partition coefficient (Wildman–Crippen LogP) is 3.13. The van der Waals surface area contributed by atoms with Crippen LogP contribution in [-0.2, 0) is 0 Å². The molecule has 0 amide bonds. The van der Waals surface area contributed by atoms with Gasteiger partial charge in [-0.15, -0.1) is 0 Å². The van der Waals surface area contributed by atoms with Crippen LogP contribution in [-0.4, -0.2) is 33.7 Å². The molecule has 1 aliphatic rings. The Morgan fingerprint density at radius 2 is 2.19 bits per heavy atom. The molecule has 2 N–H and O–H groups in total. The van der Waals surface area contributed by atoms with Gasteiger partial charge in [0.2, 0.25) is 0 Å². The van der Waals surface area contributed by atoms with Gasteiger partial charge in [-0.3, -0.25) is 0 Å². The molecule has 104 valence electrons. The molecule has 1 aromatic heterocycles. The van der Waals surface area contributed by atoms with E-state index in [1.54, 1.807) is 14.6 Å². The fraction of sp³-hybridized carbons (Fsp3) is 0.133. The fourth-order valence-electron chi connectivity index (χ4n) is 2.33. The minimum atomic E-state index is -0.428. The molecule has 2 aromatic rings. The van der Waals surface area contributed by atoms with Gasteiger partial charge >= 0.3 is 137 Å². The summed E-state index contributed by atoms with van der Waals surface area (Å²) < 4.78 is 28.5. The summed E-state index contributed by atoms with van der Waals surface area (Å²) >= 11 is 0.428. The van der Waals surface area contributed by atoms with E-state index in [4.69, 9.17) is 5.73 Å². The number of aromatic nitrogens is 2. The van der Waals surface area contributed by atoms with Crippen LogP contribution in [0.5, 0.6) is 0 Å². The van der Waals surface area contributed by atoms with Gasteiger partial charge in [-0.1, -0.05) is 0 Å². The number of fused-ring (bicyclic) bond motifs is 1. The van der Waals surface area contributed by atoms with Gasteiger partial charge in [0.15, 0.2) is 0 Å². The molecule has 0 aliphatic heterocycles. The van der Waals surface area contributed by atoms with Crippen molar-refractivity contribution in [2.24, 2.45) is 5.92 Å². The number of allylic oxidation sites excluding steroid dienone is 5. The molecular weight excluding hydrogens is 465 g/mol. The van der Waals surface area contributed by atoms with Crippen LogP contribution >= 0.6 is 0 Å². The van der Waals surface area contributed by atoms with Crippen LogP contribution in [0.15, 0.2) is 42.3 Å². The number of nitrogens with zero attached hydrogens (tertiary/aromatic N) is 2. The molecule has 1 heterocycles. The molecule has 0 spiro atoms. The molecule has 0 fully saturated rings. The summed E-state index contributed by atoms with van der Waals surface area (Å²) in [5.74, 6) is -0.537. The number of anilines is 1. The van der Waals surface area contributed by atoms with Gasteiger partial charge in [-0.2, -0.15) is 0 Å². The summed E-state index contributed by atoms with van der Waals surface area (Å²) in [4.78, 5) is 0. The summed E-state index contributed by atoms with van der Waals surface area (Å²) in [6, 6.07) is 3.02. The van der Waals surface area contributed by atoms with Crippen LogP contribution in [0.25, 0.3) is 17.0 Å². The number of benzene rings is 1. The molecular formula is C15H12F2N3Tl. The minimum absolute atomic E-state index is 0.0181. The quantitative estimate of drug-likeness (QED) is 0.535. The molecule has 0 saturated heterocycles. The standard InChI is InChI=1S/C15H12F2N3.Tl/c16-10-3-1-2-9(6-10)4-5-14-11-7-13(18)12(17)8-15(11)20-19-14;/h1-5,7-9H,6,18H2;/q-1;+1/b5-4+;. The SMILES string of the molecule is Nc1cc2c(/C=C/C3C=CC=C(F)C3)n[n]([Tl])c2cc1F. The van der Waals surface area contributed by atoms with Gasteiger partial charge < -0.3 is 0 Å². The van der Waals surface area contributed by atoms with Gasteiger partial charge in [0, 0.05) is 0 Å². The molecule has 21 heavy (non-hydrogen) atoms. The van der Waals surface area contributed by atoms with E-state index in [9.17, 15) is 8.78 Å². The van der Waals surface area contributed by atoms with Crippen molar-refractivity contribution in [2.45, 2.75) is 6.42 Å². The monoisotopic (exact) mass is 477 g/mol. The molecule has 0 radical (unpaired) electrons. The third-order valence-corrected chi connectivity index (χ3v) is 4.95.